The lowest BCUT2D eigenvalue weighted by molar-refractivity contribution is -0.119. The van der Waals surface area contributed by atoms with E-state index in [1.165, 1.54) is 36.9 Å². The molecule has 0 bridgehead atoms. The van der Waals surface area contributed by atoms with Crippen LogP contribution < -0.4 is 5.32 Å². The molecule has 4 rings (SSSR count). The van der Waals surface area contributed by atoms with E-state index >= 15 is 0 Å². The highest BCUT2D eigenvalue weighted by Crippen LogP contribution is 2.29. The van der Waals surface area contributed by atoms with Gasteiger partial charge in [0.15, 0.2) is 4.34 Å². The Labute approximate surface area is 163 Å². The summed E-state index contributed by atoms with van der Waals surface area (Å²) in [5.74, 6) is 1.53. The number of piperidine rings is 1. The Balaban J connectivity index is 1.18. The van der Waals surface area contributed by atoms with Gasteiger partial charge in [-0.1, -0.05) is 36.7 Å². The summed E-state index contributed by atoms with van der Waals surface area (Å²) in [7, 11) is 0. The lowest BCUT2D eigenvalue weighted by Crippen LogP contribution is -2.46. The Morgan fingerprint density at radius 1 is 1.19 bits per heavy atom. The van der Waals surface area contributed by atoms with Crippen molar-refractivity contribution in [3.8, 4) is 0 Å². The van der Waals surface area contributed by atoms with E-state index < -0.39 is 0 Å². The highest BCUT2D eigenvalue weighted by Gasteiger charge is 2.24. The van der Waals surface area contributed by atoms with Gasteiger partial charge in [-0.25, -0.2) is 4.98 Å². The molecule has 1 saturated heterocycles. The summed E-state index contributed by atoms with van der Waals surface area (Å²) in [6.07, 6.45) is 7.85. The number of hydrogen-bond donors (Lipinski definition) is 1. The number of thioether (sulfide) groups is 1. The number of benzene rings is 1. The number of carbonyl (C=O) groups is 1. The van der Waals surface area contributed by atoms with Crippen LogP contribution in [0.15, 0.2) is 28.6 Å². The van der Waals surface area contributed by atoms with Gasteiger partial charge >= 0.3 is 0 Å². The van der Waals surface area contributed by atoms with Crippen LogP contribution in [0.5, 0.6) is 0 Å². The zero-order valence-electron chi connectivity index (χ0n) is 15.2. The second kappa shape index (κ2) is 8.72. The molecule has 1 N–H and O–H groups in total. The Morgan fingerprint density at radius 2 is 1.96 bits per heavy atom. The molecule has 1 saturated carbocycles. The number of carbonyl (C=O) groups excluding carboxylic acids is 1. The zero-order valence-corrected chi connectivity index (χ0v) is 16.8. The van der Waals surface area contributed by atoms with E-state index in [0.29, 0.717) is 11.8 Å². The Hall–Kier alpha value is -1.11. The van der Waals surface area contributed by atoms with Crippen LogP contribution in [0.2, 0.25) is 0 Å². The van der Waals surface area contributed by atoms with Gasteiger partial charge in [0.25, 0.3) is 0 Å². The fourth-order valence-electron chi connectivity index (χ4n) is 4.13. The molecular weight excluding hydrogens is 362 g/mol. The first-order chi connectivity index (χ1) is 12.8. The smallest absolute Gasteiger partial charge is 0.230 e. The fourth-order valence-corrected chi connectivity index (χ4v) is 6.01. The molecule has 0 unspecified atom stereocenters. The van der Waals surface area contributed by atoms with Crippen molar-refractivity contribution < 1.29 is 4.79 Å². The van der Waals surface area contributed by atoms with Crippen molar-refractivity contribution in [2.75, 3.05) is 25.4 Å². The first-order valence-corrected chi connectivity index (χ1v) is 11.6. The summed E-state index contributed by atoms with van der Waals surface area (Å²) < 4.78 is 2.16. The van der Waals surface area contributed by atoms with Crippen molar-refractivity contribution in [3.05, 3.63) is 24.3 Å². The number of para-hydroxylation sites is 1. The van der Waals surface area contributed by atoms with E-state index in [4.69, 9.17) is 0 Å². The van der Waals surface area contributed by atoms with Gasteiger partial charge in [0.2, 0.25) is 5.91 Å². The van der Waals surface area contributed by atoms with Crippen LogP contribution in [0.3, 0.4) is 0 Å². The van der Waals surface area contributed by atoms with Gasteiger partial charge in [-0.3, -0.25) is 4.79 Å². The lowest BCUT2D eigenvalue weighted by atomic mass is 10.0. The normalized spacial score (nSPS) is 20.0. The molecule has 140 valence electrons. The molecule has 1 aliphatic carbocycles. The minimum absolute atomic E-state index is 0.142. The Bertz CT molecular complexity index is 700. The highest BCUT2D eigenvalue weighted by atomic mass is 32.2. The van der Waals surface area contributed by atoms with Crippen LogP contribution in [0.25, 0.3) is 10.2 Å². The second-order valence-electron chi connectivity index (χ2n) is 7.53. The summed E-state index contributed by atoms with van der Waals surface area (Å²) >= 11 is 3.22. The molecule has 0 spiro atoms. The minimum Gasteiger partial charge on any atom is -0.353 e. The van der Waals surface area contributed by atoms with Crippen LogP contribution in [0.4, 0.5) is 0 Å². The van der Waals surface area contributed by atoms with Crippen molar-refractivity contribution in [2.45, 2.75) is 48.9 Å². The number of thiazole rings is 1. The van der Waals surface area contributed by atoms with E-state index in [2.05, 4.69) is 21.3 Å². The zero-order chi connectivity index (χ0) is 17.8. The topological polar surface area (TPSA) is 45.2 Å². The second-order valence-corrected chi connectivity index (χ2v) is 9.78. The third kappa shape index (κ3) is 4.78. The summed E-state index contributed by atoms with van der Waals surface area (Å²) in [6.45, 7) is 3.53. The fraction of sp³-hybridized carbons (Fsp3) is 0.600. The van der Waals surface area contributed by atoms with Crippen molar-refractivity contribution >= 4 is 39.2 Å². The first-order valence-electron chi connectivity index (χ1n) is 9.76. The SMILES string of the molecule is O=C(CSc1nc2ccccc2s1)NC1CCN(CC2CCCC2)CC1. The maximum absolute atomic E-state index is 12.3. The van der Waals surface area contributed by atoms with E-state index in [1.54, 1.807) is 23.1 Å². The summed E-state index contributed by atoms with van der Waals surface area (Å²) in [4.78, 5) is 19.5. The molecule has 2 aromatic rings. The average Bonchev–Trinajstić information content (AvgIpc) is 3.30. The third-order valence-corrected chi connectivity index (χ3v) is 7.72. The lowest BCUT2D eigenvalue weighted by Gasteiger charge is -2.33. The molecule has 6 heteroatoms. The monoisotopic (exact) mass is 389 g/mol. The van der Waals surface area contributed by atoms with Gasteiger partial charge in [-0.15, -0.1) is 11.3 Å². The Kier molecular flexibility index (Phi) is 6.12. The summed E-state index contributed by atoms with van der Waals surface area (Å²) in [5.41, 5.74) is 1.02. The summed E-state index contributed by atoms with van der Waals surface area (Å²) in [6, 6.07) is 8.48. The molecule has 2 aliphatic rings. The van der Waals surface area contributed by atoms with Crippen LogP contribution in [0.1, 0.15) is 38.5 Å². The number of fused-ring (bicyclic) bond motifs is 1. The maximum atomic E-state index is 12.3. The number of hydrogen-bond acceptors (Lipinski definition) is 5. The van der Waals surface area contributed by atoms with Gasteiger partial charge in [0.1, 0.15) is 0 Å². The molecule has 2 heterocycles. The summed E-state index contributed by atoms with van der Waals surface area (Å²) in [5, 5.41) is 3.23. The Morgan fingerprint density at radius 3 is 2.73 bits per heavy atom. The standard InChI is InChI=1S/C20H27N3OS2/c24-19(14-25-20-22-17-7-3-4-8-18(17)26-20)21-16-9-11-23(12-10-16)13-15-5-1-2-6-15/h3-4,7-8,15-16H,1-2,5-6,9-14H2,(H,21,24). The van der Waals surface area contributed by atoms with Gasteiger partial charge in [0.05, 0.1) is 16.0 Å². The molecule has 0 atom stereocenters. The third-order valence-electron chi connectivity index (χ3n) is 5.54. The van der Waals surface area contributed by atoms with Gasteiger partial charge < -0.3 is 10.2 Å². The van der Waals surface area contributed by atoms with Crippen LogP contribution >= 0.6 is 23.1 Å². The number of nitrogens with one attached hydrogen (secondary N) is 1. The molecule has 1 aromatic carbocycles. The molecule has 1 aliphatic heterocycles. The number of amides is 1. The van der Waals surface area contributed by atoms with Crippen LogP contribution in [0, 0.1) is 5.92 Å². The molecule has 26 heavy (non-hydrogen) atoms. The highest BCUT2D eigenvalue weighted by molar-refractivity contribution is 8.01. The maximum Gasteiger partial charge on any atom is 0.230 e. The largest absolute Gasteiger partial charge is 0.353 e. The van der Waals surface area contributed by atoms with E-state index in [0.717, 1.165) is 41.7 Å². The predicted octanol–water partition coefficient (Wildman–Crippen LogP) is 4.16. The van der Waals surface area contributed by atoms with Gasteiger partial charge in [0, 0.05) is 25.7 Å². The van der Waals surface area contributed by atoms with Crippen molar-refractivity contribution in [3.63, 3.8) is 0 Å². The van der Waals surface area contributed by atoms with Crippen molar-refractivity contribution in [1.82, 2.24) is 15.2 Å². The molecular formula is C20H27N3OS2. The van der Waals surface area contributed by atoms with E-state index in [-0.39, 0.29) is 5.91 Å². The van der Waals surface area contributed by atoms with Gasteiger partial charge in [-0.05, 0) is 43.7 Å². The van der Waals surface area contributed by atoms with Gasteiger partial charge in [-0.2, -0.15) is 0 Å². The molecule has 1 amide bonds. The van der Waals surface area contributed by atoms with E-state index in [9.17, 15) is 4.79 Å². The quantitative estimate of drug-likeness (QED) is 0.754. The van der Waals surface area contributed by atoms with E-state index in [1.807, 2.05) is 18.2 Å². The molecule has 1 aromatic heterocycles. The van der Waals surface area contributed by atoms with Crippen molar-refractivity contribution in [2.24, 2.45) is 5.92 Å². The molecule has 4 nitrogen and oxygen atoms in total. The van der Waals surface area contributed by atoms with Crippen molar-refractivity contribution in [1.29, 1.82) is 0 Å². The number of rotatable bonds is 6. The number of nitrogens with zero attached hydrogens (tertiary/aromatic N) is 2. The minimum atomic E-state index is 0.142. The predicted molar refractivity (Wildman–Crippen MR) is 110 cm³/mol. The molecule has 2 fully saturated rings. The number of aromatic nitrogens is 1. The van der Waals surface area contributed by atoms with Crippen LogP contribution in [-0.2, 0) is 4.79 Å². The number of likely N-dealkylation sites (tertiary alicyclic amines) is 1. The van der Waals surface area contributed by atoms with Crippen LogP contribution in [-0.4, -0.2) is 47.2 Å². The molecule has 0 radical (unpaired) electrons. The first kappa shape index (κ1) is 18.3. The average molecular weight is 390 g/mol.